The van der Waals surface area contributed by atoms with Gasteiger partial charge in [-0.1, -0.05) is 36.4 Å². The van der Waals surface area contributed by atoms with Crippen molar-refractivity contribution < 1.29 is 9.53 Å². The third kappa shape index (κ3) is 3.57. The number of anilines is 1. The summed E-state index contributed by atoms with van der Waals surface area (Å²) in [6.07, 6.45) is 1.96. The van der Waals surface area contributed by atoms with Crippen molar-refractivity contribution in [2.45, 2.75) is 6.42 Å². The van der Waals surface area contributed by atoms with Crippen LogP contribution < -0.4 is 10.1 Å². The third-order valence-corrected chi connectivity index (χ3v) is 4.02. The van der Waals surface area contributed by atoms with Crippen molar-refractivity contribution in [2.75, 3.05) is 5.32 Å². The van der Waals surface area contributed by atoms with E-state index in [9.17, 15) is 4.79 Å². The molecule has 1 amide bonds. The topological polar surface area (TPSA) is 67.0 Å². The van der Waals surface area contributed by atoms with E-state index in [-0.39, 0.29) is 12.3 Å². The molecule has 26 heavy (non-hydrogen) atoms. The number of fused-ring (bicyclic) bond motifs is 1. The molecular weight excluding hydrogens is 326 g/mol. The predicted octanol–water partition coefficient (Wildman–Crippen LogP) is 4.54. The van der Waals surface area contributed by atoms with Gasteiger partial charge in [0.2, 0.25) is 5.91 Å². The Morgan fingerprint density at radius 1 is 1.00 bits per heavy atom. The number of rotatable bonds is 5. The summed E-state index contributed by atoms with van der Waals surface area (Å²) in [5, 5.41) is 10.8. The zero-order chi connectivity index (χ0) is 17.8. The molecule has 0 spiro atoms. The molecular formula is C21H17N3O2. The fourth-order valence-corrected chi connectivity index (χ4v) is 2.76. The van der Waals surface area contributed by atoms with Gasteiger partial charge in [-0.15, -0.1) is 0 Å². The monoisotopic (exact) mass is 343 g/mol. The van der Waals surface area contributed by atoms with Crippen LogP contribution in [0.4, 0.5) is 5.69 Å². The van der Waals surface area contributed by atoms with Crippen molar-refractivity contribution >= 4 is 22.5 Å². The lowest BCUT2D eigenvalue weighted by Gasteiger charge is -2.11. The molecule has 1 heterocycles. The van der Waals surface area contributed by atoms with Gasteiger partial charge < -0.3 is 10.1 Å². The fourth-order valence-electron chi connectivity index (χ4n) is 2.76. The molecule has 5 heteroatoms. The van der Waals surface area contributed by atoms with E-state index in [2.05, 4.69) is 15.5 Å². The van der Waals surface area contributed by atoms with E-state index in [1.165, 1.54) is 0 Å². The van der Waals surface area contributed by atoms with Gasteiger partial charge in [-0.05, 0) is 36.4 Å². The number of nitrogens with one attached hydrogen (secondary N) is 2. The van der Waals surface area contributed by atoms with Crippen molar-refractivity contribution in [2.24, 2.45) is 0 Å². The molecule has 2 N–H and O–H groups in total. The maximum absolute atomic E-state index is 12.5. The first kappa shape index (κ1) is 15.9. The normalized spacial score (nSPS) is 10.6. The second-order valence-corrected chi connectivity index (χ2v) is 5.92. The van der Waals surface area contributed by atoms with Crippen molar-refractivity contribution in [1.29, 1.82) is 0 Å². The minimum Gasteiger partial charge on any atom is -0.457 e. The number of hydrogen-bond donors (Lipinski definition) is 2. The molecule has 4 rings (SSSR count). The molecule has 0 unspecified atom stereocenters. The Hall–Kier alpha value is -3.60. The molecule has 5 nitrogen and oxygen atoms in total. The van der Waals surface area contributed by atoms with E-state index < -0.39 is 0 Å². The van der Waals surface area contributed by atoms with Gasteiger partial charge in [-0.3, -0.25) is 9.89 Å². The molecule has 128 valence electrons. The molecule has 0 saturated heterocycles. The van der Waals surface area contributed by atoms with Crippen LogP contribution in [0.3, 0.4) is 0 Å². The molecule has 0 fully saturated rings. The highest BCUT2D eigenvalue weighted by Gasteiger charge is 2.10. The van der Waals surface area contributed by atoms with Gasteiger partial charge in [0.25, 0.3) is 0 Å². The Bertz CT molecular complexity index is 1040. The highest BCUT2D eigenvalue weighted by atomic mass is 16.5. The van der Waals surface area contributed by atoms with E-state index in [0.29, 0.717) is 5.75 Å². The maximum Gasteiger partial charge on any atom is 0.228 e. The first-order valence-electron chi connectivity index (χ1n) is 8.32. The molecule has 4 aromatic rings. The Morgan fingerprint density at radius 3 is 2.69 bits per heavy atom. The molecule has 1 aromatic heterocycles. The zero-order valence-electron chi connectivity index (χ0n) is 14.0. The summed E-state index contributed by atoms with van der Waals surface area (Å²) < 4.78 is 5.92. The SMILES string of the molecule is O=C(Cc1ccccc1Oc1ccccc1)Nc1ccc2[nH]ncc2c1. The summed E-state index contributed by atoms with van der Waals surface area (Å²) in [4.78, 5) is 12.5. The van der Waals surface area contributed by atoms with Crippen LogP contribution in [0.1, 0.15) is 5.56 Å². The van der Waals surface area contributed by atoms with Crippen molar-refractivity contribution in [3.05, 3.63) is 84.6 Å². The van der Waals surface area contributed by atoms with Crippen LogP contribution in [-0.2, 0) is 11.2 Å². The fraction of sp³-hybridized carbons (Fsp3) is 0.0476. The van der Waals surface area contributed by atoms with Crippen molar-refractivity contribution in [1.82, 2.24) is 10.2 Å². The molecule has 0 aliphatic carbocycles. The number of H-pyrrole nitrogens is 1. The highest BCUT2D eigenvalue weighted by molar-refractivity contribution is 5.95. The lowest BCUT2D eigenvalue weighted by molar-refractivity contribution is -0.115. The van der Waals surface area contributed by atoms with Gasteiger partial charge in [0.1, 0.15) is 11.5 Å². The minimum absolute atomic E-state index is 0.100. The summed E-state index contributed by atoms with van der Waals surface area (Å²) in [6, 6.07) is 22.7. The van der Waals surface area contributed by atoms with Crippen LogP contribution >= 0.6 is 0 Å². The number of aromatic amines is 1. The standard InChI is InChI=1S/C21H17N3O2/c25-21(23-17-10-11-19-16(12-17)14-22-24-19)13-15-6-4-5-9-20(15)26-18-7-2-1-3-8-18/h1-12,14H,13H2,(H,22,24)(H,23,25). The number of ether oxygens (including phenoxy) is 1. The first-order chi connectivity index (χ1) is 12.8. The molecule has 0 saturated carbocycles. The van der Waals surface area contributed by atoms with Crippen molar-refractivity contribution in [3.63, 3.8) is 0 Å². The maximum atomic E-state index is 12.5. The summed E-state index contributed by atoms with van der Waals surface area (Å²) in [7, 11) is 0. The largest absolute Gasteiger partial charge is 0.457 e. The Balaban J connectivity index is 1.48. The Kier molecular flexibility index (Phi) is 4.35. The van der Waals surface area contributed by atoms with Crippen LogP contribution in [0.15, 0.2) is 79.0 Å². The average molecular weight is 343 g/mol. The smallest absolute Gasteiger partial charge is 0.228 e. The minimum atomic E-state index is -0.100. The average Bonchev–Trinajstić information content (AvgIpc) is 3.12. The van der Waals surface area contributed by atoms with Gasteiger partial charge in [0, 0.05) is 16.6 Å². The molecule has 0 radical (unpaired) electrons. The number of amides is 1. The van der Waals surface area contributed by atoms with E-state index in [4.69, 9.17) is 4.74 Å². The number of carbonyl (C=O) groups excluding carboxylic acids is 1. The first-order valence-corrected chi connectivity index (χ1v) is 8.32. The summed E-state index contributed by atoms with van der Waals surface area (Å²) >= 11 is 0. The molecule has 0 aliphatic rings. The molecule has 0 bridgehead atoms. The zero-order valence-corrected chi connectivity index (χ0v) is 14.0. The number of carbonyl (C=O) groups is 1. The van der Waals surface area contributed by atoms with E-state index in [1.807, 2.05) is 72.8 Å². The second-order valence-electron chi connectivity index (χ2n) is 5.92. The quantitative estimate of drug-likeness (QED) is 0.559. The van der Waals surface area contributed by atoms with Gasteiger partial charge in [0.05, 0.1) is 18.1 Å². The summed E-state index contributed by atoms with van der Waals surface area (Å²) in [6.45, 7) is 0. The molecule has 0 atom stereocenters. The number of aromatic nitrogens is 2. The van der Waals surface area contributed by atoms with Crippen LogP contribution in [0.25, 0.3) is 10.9 Å². The lowest BCUT2D eigenvalue weighted by atomic mass is 10.1. The Morgan fingerprint density at radius 2 is 1.81 bits per heavy atom. The van der Waals surface area contributed by atoms with Crippen molar-refractivity contribution in [3.8, 4) is 11.5 Å². The van der Waals surface area contributed by atoms with Gasteiger partial charge in [0.15, 0.2) is 0 Å². The van der Waals surface area contributed by atoms with E-state index in [0.717, 1.165) is 27.9 Å². The molecule has 3 aromatic carbocycles. The molecule has 0 aliphatic heterocycles. The Labute approximate surface area is 150 Å². The van der Waals surface area contributed by atoms with Gasteiger partial charge in [-0.25, -0.2) is 0 Å². The predicted molar refractivity (Wildman–Crippen MR) is 101 cm³/mol. The highest BCUT2D eigenvalue weighted by Crippen LogP contribution is 2.26. The number of nitrogens with zero attached hydrogens (tertiary/aromatic N) is 1. The second kappa shape index (κ2) is 7.11. The van der Waals surface area contributed by atoms with E-state index in [1.54, 1.807) is 6.20 Å². The van der Waals surface area contributed by atoms with Gasteiger partial charge >= 0.3 is 0 Å². The number of para-hydroxylation sites is 2. The van der Waals surface area contributed by atoms with Crippen LogP contribution in [0, 0.1) is 0 Å². The van der Waals surface area contributed by atoms with Crippen LogP contribution in [0.5, 0.6) is 11.5 Å². The number of hydrogen-bond acceptors (Lipinski definition) is 3. The summed E-state index contributed by atoms with van der Waals surface area (Å²) in [5.74, 6) is 1.32. The van der Waals surface area contributed by atoms with E-state index >= 15 is 0 Å². The van der Waals surface area contributed by atoms with Crippen LogP contribution in [0.2, 0.25) is 0 Å². The van der Waals surface area contributed by atoms with Gasteiger partial charge in [-0.2, -0.15) is 5.10 Å². The van der Waals surface area contributed by atoms with Crippen LogP contribution in [-0.4, -0.2) is 16.1 Å². The lowest BCUT2D eigenvalue weighted by Crippen LogP contribution is -2.14. The third-order valence-electron chi connectivity index (χ3n) is 4.02. The summed E-state index contributed by atoms with van der Waals surface area (Å²) in [5.41, 5.74) is 2.51. The number of benzene rings is 3.